The molecule has 0 aliphatic heterocycles. The molecule has 0 aliphatic carbocycles. The lowest BCUT2D eigenvalue weighted by Gasteiger charge is -2.07. The number of benzene rings is 2. The van der Waals surface area contributed by atoms with Crippen molar-refractivity contribution in [2.45, 2.75) is 12.8 Å². The lowest BCUT2D eigenvalue weighted by molar-refractivity contribution is -0.0790. The second kappa shape index (κ2) is 7.49. The molecule has 0 unspecified atom stereocenters. The third kappa shape index (κ3) is 6.25. The molecule has 120 valence electrons. The number of allylic oxidation sites excluding steroid dienone is 1. The van der Waals surface area contributed by atoms with Crippen molar-refractivity contribution in [2.75, 3.05) is 5.32 Å². The highest BCUT2D eigenvalue weighted by molar-refractivity contribution is 5.84. The zero-order valence-electron chi connectivity index (χ0n) is 12.0. The maximum atomic E-state index is 12.1. The first-order chi connectivity index (χ1) is 10.9. The van der Waals surface area contributed by atoms with E-state index in [1.807, 2.05) is 30.3 Å². The normalized spacial score (nSPS) is 11.4. The first kappa shape index (κ1) is 16.6. The molecule has 0 heterocycles. The van der Waals surface area contributed by atoms with Gasteiger partial charge in [0.1, 0.15) is 6.61 Å². The smallest absolute Gasteiger partial charge is 0.411 e. The average Bonchev–Trinajstić information content (AvgIpc) is 2.53. The molecule has 0 bridgehead atoms. The SMILES string of the molecule is O=C(Nc1ccc(C=CC(F)(F)F)cc1)OCc1ccccc1. The molecular formula is C17H14F3NO2. The van der Waals surface area contributed by atoms with Gasteiger partial charge in [0.15, 0.2) is 0 Å². The molecule has 1 N–H and O–H groups in total. The Morgan fingerprint density at radius 1 is 1.04 bits per heavy atom. The van der Waals surface area contributed by atoms with Crippen molar-refractivity contribution in [3.63, 3.8) is 0 Å². The number of hydrogen-bond acceptors (Lipinski definition) is 2. The summed E-state index contributed by atoms with van der Waals surface area (Å²) in [6.07, 6.45) is -3.87. The summed E-state index contributed by atoms with van der Waals surface area (Å²) in [6, 6.07) is 15.1. The number of rotatable bonds is 4. The van der Waals surface area contributed by atoms with E-state index in [0.29, 0.717) is 11.3 Å². The van der Waals surface area contributed by atoms with E-state index in [1.165, 1.54) is 24.3 Å². The number of nitrogens with one attached hydrogen (secondary N) is 1. The van der Waals surface area contributed by atoms with Crippen molar-refractivity contribution in [3.05, 3.63) is 71.8 Å². The van der Waals surface area contributed by atoms with Gasteiger partial charge in [-0.3, -0.25) is 5.32 Å². The molecule has 0 spiro atoms. The standard InChI is InChI=1S/C17H14F3NO2/c18-17(19,20)11-10-13-6-8-15(9-7-13)21-16(22)23-12-14-4-2-1-3-5-14/h1-11H,12H2,(H,21,22). The van der Waals surface area contributed by atoms with Crippen LogP contribution in [0.3, 0.4) is 0 Å². The van der Waals surface area contributed by atoms with Gasteiger partial charge in [-0.05, 0) is 23.3 Å². The predicted octanol–water partition coefficient (Wildman–Crippen LogP) is 5.01. The Labute approximate surface area is 131 Å². The van der Waals surface area contributed by atoms with Crippen molar-refractivity contribution in [3.8, 4) is 0 Å². The fraction of sp³-hybridized carbons (Fsp3) is 0.118. The number of carbonyl (C=O) groups is 1. The topological polar surface area (TPSA) is 38.3 Å². The van der Waals surface area contributed by atoms with Crippen molar-refractivity contribution < 1.29 is 22.7 Å². The van der Waals surface area contributed by atoms with Crippen molar-refractivity contribution in [1.29, 1.82) is 0 Å². The highest BCUT2D eigenvalue weighted by Crippen LogP contribution is 2.19. The summed E-state index contributed by atoms with van der Waals surface area (Å²) in [4.78, 5) is 11.6. The monoisotopic (exact) mass is 321 g/mol. The van der Waals surface area contributed by atoms with E-state index in [2.05, 4.69) is 5.32 Å². The molecule has 0 aromatic heterocycles. The zero-order chi connectivity index (χ0) is 16.7. The van der Waals surface area contributed by atoms with Gasteiger partial charge < -0.3 is 4.74 Å². The van der Waals surface area contributed by atoms with Gasteiger partial charge in [0.05, 0.1) is 0 Å². The van der Waals surface area contributed by atoms with Crippen LogP contribution in [0.15, 0.2) is 60.7 Å². The number of hydrogen-bond donors (Lipinski definition) is 1. The lowest BCUT2D eigenvalue weighted by atomic mass is 10.2. The third-order valence-corrected chi connectivity index (χ3v) is 2.83. The van der Waals surface area contributed by atoms with Gasteiger partial charge in [-0.25, -0.2) is 4.79 Å². The zero-order valence-corrected chi connectivity index (χ0v) is 12.0. The lowest BCUT2D eigenvalue weighted by Crippen LogP contribution is -2.13. The highest BCUT2D eigenvalue weighted by Gasteiger charge is 2.21. The molecule has 2 aromatic rings. The summed E-state index contributed by atoms with van der Waals surface area (Å²) < 4.78 is 41.2. The Hall–Kier alpha value is -2.76. The number of anilines is 1. The van der Waals surface area contributed by atoms with Gasteiger partial charge in [0.2, 0.25) is 0 Å². The van der Waals surface area contributed by atoms with Crippen molar-refractivity contribution >= 4 is 17.9 Å². The van der Waals surface area contributed by atoms with Crippen LogP contribution in [0.5, 0.6) is 0 Å². The fourth-order valence-corrected chi connectivity index (χ4v) is 1.75. The van der Waals surface area contributed by atoms with Crippen molar-refractivity contribution in [2.24, 2.45) is 0 Å². The molecule has 0 saturated carbocycles. The maximum Gasteiger partial charge on any atom is 0.411 e. The summed E-state index contributed by atoms with van der Waals surface area (Å²) in [5.74, 6) is 0. The Kier molecular flexibility index (Phi) is 5.41. The second-order valence-corrected chi connectivity index (χ2v) is 4.68. The predicted molar refractivity (Wildman–Crippen MR) is 81.8 cm³/mol. The molecule has 23 heavy (non-hydrogen) atoms. The molecule has 0 atom stereocenters. The Morgan fingerprint density at radius 2 is 1.70 bits per heavy atom. The van der Waals surface area contributed by atoms with E-state index in [-0.39, 0.29) is 12.7 Å². The van der Waals surface area contributed by atoms with Crippen LogP contribution < -0.4 is 5.32 Å². The van der Waals surface area contributed by atoms with Gasteiger partial charge in [0, 0.05) is 11.8 Å². The Morgan fingerprint density at radius 3 is 2.30 bits per heavy atom. The first-order valence-corrected chi connectivity index (χ1v) is 6.76. The van der Waals surface area contributed by atoms with Gasteiger partial charge in [-0.15, -0.1) is 0 Å². The Balaban J connectivity index is 1.85. The van der Waals surface area contributed by atoms with E-state index < -0.39 is 12.3 Å². The van der Waals surface area contributed by atoms with Crippen LogP contribution in [-0.4, -0.2) is 12.3 Å². The first-order valence-electron chi connectivity index (χ1n) is 6.76. The number of ether oxygens (including phenoxy) is 1. The largest absolute Gasteiger partial charge is 0.444 e. The summed E-state index contributed by atoms with van der Waals surface area (Å²) >= 11 is 0. The third-order valence-electron chi connectivity index (χ3n) is 2.83. The van der Waals surface area contributed by atoms with Crippen LogP contribution in [0.2, 0.25) is 0 Å². The van der Waals surface area contributed by atoms with Gasteiger partial charge >= 0.3 is 12.3 Å². The van der Waals surface area contributed by atoms with Crippen LogP contribution in [0.1, 0.15) is 11.1 Å². The minimum Gasteiger partial charge on any atom is -0.444 e. The number of amides is 1. The highest BCUT2D eigenvalue weighted by atomic mass is 19.4. The van der Waals surface area contributed by atoms with E-state index in [1.54, 1.807) is 0 Å². The quantitative estimate of drug-likeness (QED) is 0.859. The van der Waals surface area contributed by atoms with E-state index >= 15 is 0 Å². The number of alkyl halides is 3. The molecular weight excluding hydrogens is 307 g/mol. The molecule has 0 saturated heterocycles. The molecule has 1 amide bonds. The van der Waals surface area contributed by atoms with Gasteiger partial charge in [-0.2, -0.15) is 13.2 Å². The van der Waals surface area contributed by atoms with Crippen LogP contribution >= 0.6 is 0 Å². The van der Waals surface area contributed by atoms with E-state index in [4.69, 9.17) is 4.74 Å². The molecule has 2 aromatic carbocycles. The number of carbonyl (C=O) groups excluding carboxylic acids is 1. The maximum absolute atomic E-state index is 12.1. The van der Waals surface area contributed by atoms with Crippen molar-refractivity contribution in [1.82, 2.24) is 0 Å². The van der Waals surface area contributed by atoms with Crippen LogP contribution in [0.4, 0.5) is 23.7 Å². The summed E-state index contributed by atoms with van der Waals surface area (Å²) in [6.45, 7) is 0.138. The molecule has 0 aliphatic rings. The summed E-state index contributed by atoms with van der Waals surface area (Å²) in [5, 5.41) is 2.50. The molecule has 3 nitrogen and oxygen atoms in total. The van der Waals surface area contributed by atoms with E-state index in [0.717, 1.165) is 11.6 Å². The van der Waals surface area contributed by atoms with E-state index in [9.17, 15) is 18.0 Å². The average molecular weight is 321 g/mol. The second-order valence-electron chi connectivity index (χ2n) is 4.68. The van der Waals surface area contributed by atoms with Gasteiger partial charge in [-0.1, -0.05) is 48.5 Å². The minimum atomic E-state index is -4.35. The molecule has 0 radical (unpaired) electrons. The molecule has 0 fully saturated rings. The minimum absolute atomic E-state index is 0.138. The molecule has 2 rings (SSSR count). The molecule has 6 heteroatoms. The number of halogens is 3. The Bertz CT molecular complexity index is 664. The van der Waals surface area contributed by atoms with Crippen LogP contribution in [-0.2, 0) is 11.3 Å². The van der Waals surface area contributed by atoms with Crippen LogP contribution in [0, 0.1) is 0 Å². The van der Waals surface area contributed by atoms with Gasteiger partial charge in [0.25, 0.3) is 0 Å². The fourth-order valence-electron chi connectivity index (χ4n) is 1.75. The summed E-state index contributed by atoms with van der Waals surface area (Å²) in [7, 11) is 0. The van der Waals surface area contributed by atoms with Crippen LogP contribution in [0.25, 0.3) is 6.08 Å². The summed E-state index contributed by atoms with van der Waals surface area (Å²) in [5.41, 5.74) is 1.67.